The van der Waals surface area contributed by atoms with Crippen LogP contribution in [0, 0.1) is 11.3 Å². The number of ether oxygens (including phenoxy) is 1. The number of allylic oxidation sites excluding steroid dienone is 1. The van der Waals surface area contributed by atoms with Gasteiger partial charge in [0.15, 0.2) is 0 Å². The summed E-state index contributed by atoms with van der Waals surface area (Å²) in [5.41, 5.74) is 1.07. The van der Waals surface area contributed by atoms with Gasteiger partial charge in [-0.2, -0.15) is 5.26 Å². The van der Waals surface area contributed by atoms with E-state index in [1.54, 1.807) is 49.6 Å². The summed E-state index contributed by atoms with van der Waals surface area (Å²) in [6, 6.07) is 7.28. The van der Waals surface area contributed by atoms with Gasteiger partial charge in [-0.3, -0.25) is 4.98 Å². The Hall–Kier alpha value is -2.81. The summed E-state index contributed by atoms with van der Waals surface area (Å²) in [6.45, 7) is 0. The average Bonchev–Trinajstić information content (AvgIpc) is 2.46. The van der Waals surface area contributed by atoms with Crippen molar-refractivity contribution in [1.29, 1.82) is 5.26 Å². The van der Waals surface area contributed by atoms with Gasteiger partial charge < -0.3 is 15.0 Å². The number of hydrogen-bond donors (Lipinski definition) is 1. The number of methoxy groups -OCH3 is 1. The van der Waals surface area contributed by atoms with Gasteiger partial charge in [0.05, 0.1) is 18.4 Å². The first-order valence-electron chi connectivity index (χ1n) is 5.83. The number of nitrogens with one attached hydrogen (secondary N) is 1. The molecule has 0 aromatic carbocycles. The molecule has 1 heterocycles. The predicted molar refractivity (Wildman–Crippen MR) is 74.7 cm³/mol. The van der Waals surface area contributed by atoms with E-state index >= 15 is 0 Å². The van der Waals surface area contributed by atoms with E-state index in [-0.39, 0.29) is 5.70 Å². The van der Waals surface area contributed by atoms with Crippen LogP contribution in [0.2, 0.25) is 0 Å². The van der Waals surface area contributed by atoms with Crippen LogP contribution in [0.25, 0.3) is 5.57 Å². The van der Waals surface area contributed by atoms with E-state index in [4.69, 9.17) is 5.26 Å². The second kappa shape index (κ2) is 7.59. The standard InChI is InChI=1S/C14H16N4O2/c1-18(2)10-13(14(19)20-3)17-9-11(8-15)12-6-4-5-7-16-12/h4-7,9-10,17H,1-3H3/b11-9-,13-10-. The first-order chi connectivity index (χ1) is 9.58. The quantitative estimate of drug-likeness (QED) is 0.491. The third-order valence-corrected chi connectivity index (χ3v) is 2.23. The molecule has 0 saturated heterocycles. The van der Waals surface area contributed by atoms with Crippen molar-refractivity contribution >= 4 is 11.5 Å². The van der Waals surface area contributed by atoms with Crippen LogP contribution in [0.5, 0.6) is 0 Å². The molecule has 104 valence electrons. The molecule has 0 unspecified atom stereocenters. The van der Waals surface area contributed by atoms with Crippen molar-refractivity contribution < 1.29 is 9.53 Å². The van der Waals surface area contributed by atoms with Crippen molar-refractivity contribution in [1.82, 2.24) is 15.2 Å². The Morgan fingerprint density at radius 3 is 2.75 bits per heavy atom. The number of pyridine rings is 1. The fourth-order valence-electron chi connectivity index (χ4n) is 1.35. The average molecular weight is 272 g/mol. The Labute approximate surface area is 118 Å². The zero-order valence-corrected chi connectivity index (χ0v) is 11.6. The number of rotatable bonds is 5. The van der Waals surface area contributed by atoms with Gasteiger partial charge in [-0.15, -0.1) is 0 Å². The minimum Gasteiger partial charge on any atom is -0.464 e. The number of esters is 1. The van der Waals surface area contributed by atoms with Crippen LogP contribution in [0.1, 0.15) is 5.69 Å². The lowest BCUT2D eigenvalue weighted by molar-refractivity contribution is -0.136. The molecule has 0 amide bonds. The molecular weight excluding hydrogens is 256 g/mol. The zero-order chi connectivity index (χ0) is 15.0. The fourth-order valence-corrected chi connectivity index (χ4v) is 1.35. The number of hydrogen-bond acceptors (Lipinski definition) is 6. The maximum Gasteiger partial charge on any atom is 0.355 e. The highest BCUT2D eigenvalue weighted by Gasteiger charge is 2.09. The van der Waals surface area contributed by atoms with Gasteiger partial charge in [0.1, 0.15) is 11.8 Å². The summed E-state index contributed by atoms with van der Waals surface area (Å²) >= 11 is 0. The summed E-state index contributed by atoms with van der Waals surface area (Å²) in [5.74, 6) is -0.520. The van der Waals surface area contributed by atoms with Gasteiger partial charge in [-0.05, 0) is 12.1 Å². The highest BCUT2D eigenvalue weighted by molar-refractivity contribution is 5.88. The lowest BCUT2D eigenvalue weighted by Crippen LogP contribution is -2.20. The molecule has 6 nitrogen and oxygen atoms in total. The fraction of sp³-hybridized carbons (Fsp3) is 0.214. The van der Waals surface area contributed by atoms with Crippen molar-refractivity contribution in [3.05, 3.63) is 48.2 Å². The van der Waals surface area contributed by atoms with Crippen molar-refractivity contribution in [2.75, 3.05) is 21.2 Å². The summed E-state index contributed by atoms with van der Waals surface area (Å²) in [7, 11) is 4.85. The van der Waals surface area contributed by atoms with Gasteiger partial charge >= 0.3 is 5.97 Å². The third-order valence-electron chi connectivity index (χ3n) is 2.23. The number of aromatic nitrogens is 1. The Morgan fingerprint density at radius 1 is 1.50 bits per heavy atom. The number of carbonyl (C=O) groups excluding carboxylic acids is 1. The third kappa shape index (κ3) is 4.46. The largest absolute Gasteiger partial charge is 0.464 e. The minimum absolute atomic E-state index is 0.223. The van der Waals surface area contributed by atoms with Crippen LogP contribution in [-0.4, -0.2) is 37.1 Å². The highest BCUT2D eigenvalue weighted by atomic mass is 16.5. The number of nitrogens with zero attached hydrogens (tertiary/aromatic N) is 3. The monoisotopic (exact) mass is 272 g/mol. The first-order valence-corrected chi connectivity index (χ1v) is 5.83. The van der Waals surface area contributed by atoms with E-state index in [1.165, 1.54) is 13.3 Å². The van der Waals surface area contributed by atoms with Gasteiger partial charge in [0.25, 0.3) is 0 Å². The minimum atomic E-state index is -0.520. The van der Waals surface area contributed by atoms with Gasteiger partial charge in [0, 0.05) is 32.7 Å². The molecule has 0 radical (unpaired) electrons. The normalized spacial score (nSPS) is 11.5. The SMILES string of the molecule is COC(=O)/C(=C/N(C)C)N/C=C(/C#N)c1ccccn1. The van der Waals surface area contributed by atoms with Crippen molar-refractivity contribution in [3.8, 4) is 6.07 Å². The molecule has 1 N–H and O–H groups in total. The smallest absolute Gasteiger partial charge is 0.355 e. The van der Waals surface area contributed by atoms with Gasteiger partial charge in [0.2, 0.25) is 0 Å². The van der Waals surface area contributed by atoms with Crippen LogP contribution < -0.4 is 5.32 Å². The lowest BCUT2D eigenvalue weighted by Gasteiger charge is -2.10. The van der Waals surface area contributed by atoms with Crippen molar-refractivity contribution in [3.63, 3.8) is 0 Å². The van der Waals surface area contributed by atoms with E-state index in [9.17, 15) is 4.79 Å². The van der Waals surface area contributed by atoms with E-state index in [0.29, 0.717) is 11.3 Å². The van der Waals surface area contributed by atoms with E-state index < -0.39 is 5.97 Å². The van der Waals surface area contributed by atoms with Crippen molar-refractivity contribution in [2.45, 2.75) is 0 Å². The molecule has 0 atom stereocenters. The molecule has 20 heavy (non-hydrogen) atoms. The summed E-state index contributed by atoms with van der Waals surface area (Å²) < 4.78 is 4.66. The topological polar surface area (TPSA) is 78.2 Å². The maximum absolute atomic E-state index is 11.6. The van der Waals surface area contributed by atoms with Crippen LogP contribution in [0.15, 0.2) is 42.5 Å². The molecule has 6 heteroatoms. The molecule has 0 aliphatic rings. The number of carbonyl (C=O) groups is 1. The molecule has 0 aliphatic carbocycles. The van der Waals surface area contributed by atoms with Crippen LogP contribution >= 0.6 is 0 Å². The Balaban J connectivity index is 2.97. The maximum atomic E-state index is 11.6. The van der Waals surface area contributed by atoms with Crippen LogP contribution in [0.3, 0.4) is 0 Å². The van der Waals surface area contributed by atoms with Crippen LogP contribution in [-0.2, 0) is 9.53 Å². The summed E-state index contributed by atoms with van der Waals surface area (Å²) in [5, 5.41) is 11.9. The molecule has 0 spiro atoms. The van der Waals surface area contributed by atoms with Gasteiger partial charge in [-0.25, -0.2) is 4.79 Å². The lowest BCUT2D eigenvalue weighted by atomic mass is 10.2. The Kier molecular flexibility index (Phi) is 5.78. The van der Waals surface area contributed by atoms with Crippen LogP contribution in [0.4, 0.5) is 0 Å². The molecular formula is C14H16N4O2. The van der Waals surface area contributed by atoms with Crippen molar-refractivity contribution in [2.24, 2.45) is 0 Å². The summed E-state index contributed by atoms with van der Waals surface area (Å²) in [6.07, 6.45) is 4.59. The zero-order valence-electron chi connectivity index (χ0n) is 11.6. The van der Waals surface area contributed by atoms with Gasteiger partial charge in [-0.1, -0.05) is 6.07 Å². The Bertz CT molecular complexity index is 556. The Morgan fingerprint density at radius 2 is 2.25 bits per heavy atom. The predicted octanol–water partition coefficient (Wildman–Crippen LogP) is 1.11. The first kappa shape index (κ1) is 15.2. The second-order valence-corrected chi connectivity index (χ2v) is 4.03. The highest BCUT2D eigenvalue weighted by Crippen LogP contribution is 2.09. The number of nitriles is 1. The molecule has 0 saturated carbocycles. The molecule has 1 aromatic heterocycles. The molecule has 0 aliphatic heterocycles. The molecule has 1 aromatic rings. The second-order valence-electron chi connectivity index (χ2n) is 4.03. The van der Waals surface area contributed by atoms with E-state index in [1.807, 2.05) is 6.07 Å². The molecule has 0 fully saturated rings. The van der Waals surface area contributed by atoms with E-state index in [2.05, 4.69) is 15.0 Å². The summed E-state index contributed by atoms with van der Waals surface area (Å²) in [4.78, 5) is 17.3. The molecule has 0 bridgehead atoms. The van der Waals surface area contributed by atoms with E-state index in [0.717, 1.165) is 0 Å². The molecule has 1 rings (SSSR count).